The van der Waals surface area contributed by atoms with Crippen LogP contribution in [0.5, 0.6) is 0 Å². The molecule has 0 aromatic heterocycles. The van der Waals surface area contributed by atoms with Gasteiger partial charge in [0.15, 0.2) is 0 Å². The SMILES string of the molecule is NNc1ccc(C=CC(=O)O)cc1. The lowest BCUT2D eigenvalue weighted by Crippen LogP contribution is -2.05. The van der Waals surface area contributed by atoms with E-state index in [1.807, 2.05) is 0 Å². The van der Waals surface area contributed by atoms with E-state index in [1.165, 1.54) is 6.08 Å². The number of rotatable bonds is 3. The van der Waals surface area contributed by atoms with Crippen LogP contribution < -0.4 is 11.3 Å². The van der Waals surface area contributed by atoms with Crippen LogP contribution in [0.3, 0.4) is 0 Å². The molecule has 4 nitrogen and oxygen atoms in total. The molecular weight excluding hydrogens is 168 g/mol. The van der Waals surface area contributed by atoms with E-state index in [0.717, 1.165) is 17.3 Å². The first-order valence-electron chi connectivity index (χ1n) is 3.70. The molecule has 0 saturated heterocycles. The number of anilines is 1. The number of benzene rings is 1. The summed E-state index contributed by atoms with van der Waals surface area (Å²) >= 11 is 0. The second-order valence-corrected chi connectivity index (χ2v) is 2.44. The fourth-order valence-electron chi connectivity index (χ4n) is 0.858. The molecule has 1 rings (SSSR count). The molecule has 4 heteroatoms. The van der Waals surface area contributed by atoms with E-state index in [9.17, 15) is 4.79 Å². The standard InChI is InChI=1S/C9H10N2O2/c10-11-8-4-1-7(2-5-8)3-6-9(12)13/h1-6,11H,10H2,(H,12,13). The van der Waals surface area contributed by atoms with Crippen LogP contribution in [0.4, 0.5) is 5.69 Å². The van der Waals surface area contributed by atoms with Gasteiger partial charge in [-0.1, -0.05) is 12.1 Å². The van der Waals surface area contributed by atoms with Crippen LogP contribution in [0.2, 0.25) is 0 Å². The van der Waals surface area contributed by atoms with E-state index >= 15 is 0 Å². The fourth-order valence-corrected chi connectivity index (χ4v) is 0.858. The maximum absolute atomic E-state index is 10.2. The number of hydrazine groups is 1. The van der Waals surface area contributed by atoms with Crippen LogP contribution in [0, 0.1) is 0 Å². The van der Waals surface area contributed by atoms with Crippen LogP contribution in [-0.2, 0) is 4.79 Å². The Hall–Kier alpha value is -1.81. The smallest absolute Gasteiger partial charge is 0.328 e. The van der Waals surface area contributed by atoms with Crippen molar-refractivity contribution < 1.29 is 9.90 Å². The zero-order chi connectivity index (χ0) is 9.68. The molecule has 0 bridgehead atoms. The van der Waals surface area contributed by atoms with Gasteiger partial charge in [0, 0.05) is 11.8 Å². The molecule has 0 saturated carbocycles. The van der Waals surface area contributed by atoms with Crippen LogP contribution in [0.1, 0.15) is 5.56 Å². The van der Waals surface area contributed by atoms with E-state index in [4.69, 9.17) is 10.9 Å². The molecule has 4 N–H and O–H groups in total. The molecule has 0 unspecified atom stereocenters. The average Bonchev–Trinajstić information content (AvgIpc) is 2.15. The number of aliphatic carboxylic acids is 1. The van der Waals surface area contributed by atoms with E-state index in [2.05, 4.69) is 5.43 Å². The van der Waals surface area contributed by atoms with Gasteiger partial charge in [0.2, 0.25) is 0 Å². The molecule has 0 radical (unpaired) electrons. The molecule has 13 heavy (non-hydrogen) atoms. The number of hydrogen-bond acceptors (Lipinski definition) is 3. The lowest BCUT2D eigenvalue weighted by atomic mass is 10.2. The lowest BCUT2D eigenvalue weighted by Gasteiger charge is -1.98. The highest BCUT2D eigenvalue weighted by Crippen LogP contribution is 2.08. The van der Waals surface area contributed by atoms with Gasteiger partial charge in [-0.3, -0.25) is 5.84 Å². The molecular formula is C9H10N2O2. The van der Waals surface area contributed by atoms with E-state index in [-0.39, 0.29) is 0 Å². The van der Waals surface area contributed by atoms with Crippen molar-refractivity contribution in [1.29, 1.82) is 0 Å². The Morgan fingerprint density at radius 1 is 1.38 bits per heavy atom. The van der Waals surface area contributed by atoms with Crippen molar-refractivity contribution in [1.82, 2.24) is 0 Å². The zero-order valence-corrected chi connectivity index (χ0v) is 6.90. The Kier molecular flexibility index (Phi) is 3.05. The Morgan fingerprint density at radius 2 is 2.00 bits per heavy atom. The van der Waals surface area contributed by atoms with Gasteiger partial charge in [-0.05, 0) is 23.8 Å². The van der Waals surface area contributed by atoms with Crippen molar-refractivity contribution in [2.75, 3.05) is 5.43 Å². The largest absolute Gasteiger partial charge is 0.478 e. The minimum atomic E-state index is -0.957. The van der Waals surface area contributed by atoms with Gasteiger partial charge < -0.3 is 10.5 Å². The van der Waals surface area contributed by atoms with Gasteiger partial charge in [-0.15, -0.1) is 0 Å². The van der Waals surface area contributed by atoms with E-state index in [1.54, 1.807) is 24.3 Å². The third-order valence-electron chi connectivity index (χ3n) is 1.50. The second kappa shape index (κ2) is 4.27. The Labute approximate surface area is 75.7 Å². The fraction of sp³-hybridized carbons (Fsp3) is 0. The van der Waals surface area contributed by atoms with Crippen LogP contribution in [0.25, 0.3) is 6.08 Å². The Morgan fingerprint density at radius 3 is 2.46 bits per heavy atom. The molecule has 0 aliphatic heterocycles. The van der Waals surface area contributed by atoms with Crippen molar-refractivity contribution >= 4 is 17.7 Å². The Bertz CT molecular complexity index is 317. The second-order valence-electron chi connectivity index (χ2n) is 2.44. The summed E-state index contributed by atoms with van der Waals surface area (Å²) in [6, 6.07) is 7.08. The van der Waals surface area contributed by atoms with Gasteiger partial charge in [-0.25, -0.2) is 4.79 Å². The predicted molar refractivity (Wildman–Crippen MR) is 50.9 cm³/mol. The monoisotopic (exact) mass is 178 g/mol. The van der Waals surface area contributed by atoms with Gasteiger partial charge in [0.05, 0.1) is 0 Å². The van der Waals surface area contributed by atoms with Crippen LogP contribution in [0.15, 0.2) is 30.3 Å². The normalized spacial score (nSPS) is 10.2. The van der Waals surface area contributed by atoms with Crippen molar-refractivity contribution in [2.24, 2.45) is 5.84 Å². The quantitative estimate of drug-likeness (QED) is 0.367. The maximum Gasteiger partial charge on any atom is 0.328 e. The summed E-state index contributed by atoms with van der Waals surface area (Å²) in [7, 11) is 0. The third kappa shape index (κ3) is 2.96. The minimum Gasteiger partial charge on any atom is -0.478 e. The highest BCUT2D eigenvalue weighted by Gasteiger charge is 1.90. The number of carbonyl (C=O) groups is 1. The molecule has 0 fully saturated rings. The summed E-state index contributed by atoms with van der Waals surface area (Å²) in [6.45, 7) is 0. The van der Waals surface area contributed by atoms with Crippen molar-refractivity contribution in [3.8, 4) is 0 Å². The summed E-state index contributed by atoms with van der Waals surface area (Å²) < 4.78 is 0. The highest BCUT2D eigenvalue weighted by atomic mass is 16.4. The van der Waals surface area contributed by atoms with Gasteiger partial charge in [0.1, 0.15) is 0 Å². The first kappa shape index (κ1) is 9.28. The number of nitrogens with two attached hydrogens (primary N) is 1. The van der Waals surface area contributed by atoms with E-state index in [0.29, 0.717) is 0 Å². The molecule has 0 amide bonds. The average molecular weight is 178 g/mol. The van der Waals surface area contributed by atoms with Crippen LogP contribution in [-0.4, -0.2) is 11.1 Å². The number of hydrogen-bond donors (Lipinski definition) is 3. The topological polar surface area (TPSA) is 75.3 Å². The summed E-state index contributed by atoms with van der Waals surface area (Å²) in [4.78, 5) is 10.2. The lowest BCUT2D eigenvalue weighted by molar-refractivity contribution is -0.131. The van der Waals surface area contributed by atoms with E-state index < -0.39 is 5.97 Å². The predicted octanol–water partition coefficient (Wildman–Crippen LogP) is 1.07. The molecule has 0 atom stereocenters. The molecule has 68 valence electrons. The zero-order valence-electron chi connectivity index (χ0n) is 6.90. The first-order valence-corrected chi connectivity index (χ1v) is 3.70. The molecule has 0 aliphatic carbocycles. The summed E-state index contributed by atoms with van der Waals surface area (Å²) in [5.41, 5.74) is 4.08. The third-order valence-corrected chi connectivity index (χ3v) is 1.50. The van der Waals surface area contributed by atoms with Crippen molar-refractivity contribution in [3.05, 3.63) is 35.9 Å². The molecule has 0 spiro atoms. The number of nitrogen functional groups attached to an aromatic ring is 1. The minimum absolute atomic E-state index is 0.785. The molecule has 1 aromatic carbocycles. The maximum atomic E-state index is 10.2. The molecule has 0 heterocycles. The summed E-state index contributed by atoms with van der Waals surface area (Å²) in [5, 5.41) is 8.36. The summed E-state index contributed by atoms with van der Waals surface area (Å²) in [6.07, 6.45) is 2.60. The van der Waals surface area contributed by atoms with Gasteiger partial charge in [-0.2, -0.15) is 0 Å². The summed E-state index contributed by atoms with van der Waals surface area (Å²) in [5.74, 6) is 4.20. The number of carboxylic acids is 1. The Balaban J connectivity index is 2.75. The molecule has 0 aliphatic rings. The molecule has 1 aromatic rings. The number of carboxylic acid groups (broad SMARTS) is 1. The van der Waals surface area contributed by atoms with Crippen molar-refractivity contribution in [3.63, 3.8) is 0 Å². The first-order chi connectivity index (χ1) is 6.22. The van der Waals surface area contributed by atoms with Crippen LogP contribution >= 0.6 is 0 Å². The number of nitrogens with one attached hydrogen (secondary N) is 1. The van der Waals surface area contributed by atoms with Gasteiger partial charge >= 0.3 is 5.97 Å². The van der Waals surface area contributed by atoms with Gasteiger partial charge in [0.25, 0.3) is 0 Å². The highest BCUT2D eigenvalue weighted by molar-refractivity contribution is 5.85. The van der Waals surface area contributed by atoms with Crippen molar-refractivity contribution in [2.45, 2.75) is 0 Å².